The van der Waals surface area contributed by atoms with Crippen LogP contribution in [-0.2, 0) is 14.9 Å². The van der Waals surface area contributed by atoms with E-state index in [2.05, 4.69) is 5.32 Å². The molecule has 0 aromatic rings. The molecular formula is C14H29NO4S5. The second-order valence-electron chi connectivity index (χ2n) is 6.02. The summed E-state index contributed by atoms with van der Waals surface area (Å²) in [5.74, 6) is 1.13. The molecule has 0 aromatic carbocycles. The van der Waals surface area contributed by atoms with Crippen molar-refractivity contribution < 1.29 is 17.8 Å². The monoisotopic (exact) mass is 435 g/mol. The molecule has 10 heteroatoms. The van der Waals surface area contributed by atoms with Gasteiger partial charge in [-0.25, -0.2) is 0 Å². The van der Waals surface area contributed by atoms with Crippen molar-refractivity contribution >= 4 is 59.2 Å². The van der Waals surface area contributed by atoms with Crippen LogP contribution >= 0.6 is 43.2 Å². The maximum absolute atomic E-state index is 12.1. The Labute approximate surface area is 162 Å². The number of amides is 1. The molecule has 0 aliphatic heterocycles. The highest BCUT2D eigenvalue weighted by Gasteiger charge is 2.22. The minimum absolute atomic E-state index is 0.0397. The fourth-order valence-electron chi connectivity index (χ4n) is 1.68. The van der Waals surface area contributed by atoms with Crippen molar-refractivity contribution in [3.05, 3.63) is 0 Å². The predicted octanol–water partition coefficient (Wildman–Crippen LogP) is 3.82. The van der Waals surface area contributed by atoms with Gasteiger partial charge in [-0.2, -0.15) is 8.42 Å². The molecule has 0 heterocycles. The van der Waals surface area contributed by atoms with Crippen LogP contribution in [0.15, 0.2) is 0 Å². The molecule has 0 aromatic heterocycles. The van der Waals surface area contributed by atoms with Gasteiger partial charge in [-0.1, -0.05) is 70.9 Å². The van der Waals surface area contributed by atoms with Crippen LogP contribution in [0, 0.1) is 11.8 Å². The maximum Gasteiger partial charge on any atom is 0.265 e. The highest BCUT2D eigenvalue weighted by atomic mass is 33.1. The van der Waals surface area contributed by atoms with Gasteiger partial charge in [-0.3, -0.25) is 9.35 Å². The second-order valence-corrected chi connectivity index (χ2v) is 12.9. The topological polar surface area (TPSA) is 83.5 Å². The molecule has 1 amide bonds. The summed E-state index contributed by atoms with van der Waals surface area (Å²) in [7, 11) is 2.32. The molecule has 5 nitrogen and oxygen atoms in total. The molecule has 0 aliphatic rings. The summed E-state index contributed by atoms with van der Waals surface area (Å²) >= 11 is 0. The Hall–Kier alpha value is 0.780. The van der Waals surface area contributed by atoms with Gasteiger partial charge < -0.3 is 5.32 Å². The summed E-state index contributed by atoms with van der Waals surface area (Å²) in [5, 5.41) is 2.79. The van der Waals surface area contributed by atoms with Gasteiger partial charge in [0.2, 0.25) is 5.91 Å². The minimum Gasteiger partial charge on any atom is -0.355 e. The molecule has 2 unspecified atom stereocenters. The third-order valence-corrected chi connectivity index (χ3v) is 9.63. The van der Waals surface area contributed by atoms with Gasteiger partial charge in [0.15, 0.2) is 0 Å². The maximum atomic E-state index is 12.1. The first-order valence-corrected chi connectivity index (χ1v) is 14.4. The zero-order valence-corrected chi connectivity index (χ0v) is 18.9. The quantitative estimate of drug-likeness (QED) is 0.257. The van der Waals surface area contributed by atoms with Crippen molar-refractivity contribution in [3.63, 3.8) is 0 Å². The van der Waals surface area contributed by atoms with Crippen molar-refractivity contribution in [1.82, 2.24) is 5.32 Å². The van der Waals surface area contributed by atoms with Gasteiger partial charge in [0.25, 0.3) is 10.1 Å². The first-order valence-electron chi connectivity index (χ1n) is 7.79. The highest BCUT2D eigenvalue weighted by molar-refractivity contribution is 8.77. The Morgan fingerprint density at radius 2 is 1.75 bits per heavy atom. The van der Waals surface area contributed by atoms with Crippen LogP contribution in [0.1, 0.15) is 34.1 Å². The first-order chi connectivity index (χ1) is 11.1. The number of hydrogen-bond donors (Lipinski definition) is 2. The lowest BCUT2D eigenvalue weighted by Crippen LogP contribution is -2.36. The lowest BCUT2D eigenvalue weighted by atomic mass is 10.1. The predicted molar refractivity (Wildman–Crippen MR) is 112 cm³/mol. The van der Waals surface area contributed by atoms with E-state index in [-0.39, 0.29) is 28.1 Å². The Balaban J connectivity index is 4.02. The van der Waals surface area contributed by atoms with Gasteiger partial charge in [-0.15, -0.1) is 0 Å². The molecule has 0 bridgehead atoms. The molecule has 144 valence electrons. The summed E-state index contributed by atoms with van der Waals surface area (Å²) in [6.45, 7) is 8.59. The van der Waals surface area contributed by atoms with Crippen molar-refractivity contribution in [1.29, 1.82) is 0 Å². The average Bonchev–Trinajstić information content (AvgIpc) is 2.44. The van der Waals surface area contributed by atoms with Crippen molar-refractivity contribution in [3.8, 4) is 0 Å². The lowest BCUT2D eigenvalue weighted by Gasteiger charge is -2.19. The van der Waals surface area contributed by atoms with E-state index in [1.165, 1.54) is 10.8 Å². The van der Waals surface area contributed by atoms with E-state index in [0.717, 1.165) is 12.2 Å². The Kier molecular flexibility index (Phi) is 13.4. The molecule has 0 saturated carbocycles. The van der Waals surface area contributed by atoms with Gasteiger partial charge in [-0.05, 0) is 24.5 Å². The summed E-state index contributed by atoms with van der Waals surface area (Å²) in [6.07, 6.45) is 2.80. The molecule has 2 atom stereocenters. The Bertz CT molecular complexity index is 456. The van der Waals surface area contributed by atoms with Gasteiger partial charge in [0, 0.05) is 17.5 Å². The van der Waals surface area contributed by atoms with Crippen LogP contribution in [0.2, 0.25) is 0 Å². The smallest absolute Gasteiger partial charge is 0.265 e. The average molecular weight is 436 g/mol. The van der Waals surface area contributed by atoms with E-state index >= 15 is 0 Å². The minimum atomic E-state index is -3.95. The summed E-state index contributed by atoms with van der Waals surface area (Å²) in [6, 6.07) is 0. The van der Waals surface area contributed by atoms with E-state index in [0.29, 0.717) is 12.5 Å². The van der Waals surface area contributed by atoms with Crippen LogP contribution in [0.3, 0.4) is 0 Å². The van der Waals surface area contributed by atoms with Crippen LogP contribution in [0.5, 0.6) is 0 Å². The fourth-order valence-corrected chi connectivity index (χ4v) is 8.46. The molecule has 2 N–H and O–H groups in total. The number of hydrogen-bond acceptors (Lipinski definition) is 7. The summed E-state index contributed by atoms with van der Waals surface area (Å²) in [5.41, 5.74) is 0. The zero-order chi connectivity index (χ0) is 18.8. The fraction of sp³-hybridized carbons (Fsp3) is 0.929. The van der Waals surface area contributed by atoms with E-state index in [4.69, 9.17) is 4.55 Å². The molecule has 24 heavy (non-hydrogen) atoms. The van der Waals surface area contributed by atoms with Crippen LogP contribution in [-0.4, -0.2) is 53.7 Å². The Morgan fingerprint density at radius 3 is 2.21 bits per heavy atom. The van der Waals surface area contributed by atoms with Crippen LogP contribution < -0.4 is 5.32 Å². The zero-order valence-electron chi connectivity index (χ0n) is 14.9. The van der Waals surface area contributed by atoms with Crippen LogP contribution in [0.4, 0.5) is 0 Å². The van der Waals surface area contributed by atoms with E-state index in [1.54, 1.807) is 32.4 Å². The molecular weight excluding hydrogens is 406 g/mol. The summed E-state index contributed by atoms with van der Waals surface area (Å²) in [4.78, 5) is 12.1. The molecule has 0 rings (SSSR count). The largest absolute Gasteiger partial charge is 0.355 e. The van der Waals surface area contributed by atoms with E-state index < -0.39 is 10.1 Å². The highest BCUT2D eigenvalue weighted by Crippen LogP contribution is 2.32. The van der Waals surface area contributed by atoms with E-state index in [9.17, 15) is 13.2 Å². The molecule has 0 radical (unpaired) electrons. The first kappa shape index (κ1) is 24.8. The Morgan fingerprint density at radius 1 is 1.12 bits per heavy atom. The van der Waals surface area contributed by atoms with Gasteiger partial charge in [0.1, 0.15) is 0 Å². The number of rotatable bonds is 13. The second kappa shape index (κ2) is 13.0. The molecule has 0 aliphatic carbocycles. The molecule has 0 spiro atoms. The number of carbonyl (C=O) groups is 1. The SMILES string of the molecule is CSSC(C(=O)NCCCSSC(CS(=O)(=O)O)C(C)C)C(C)C. The number of nitrogens with one attached hydrogen (secondary N) is 1. The summed E-state index contributed by atoms with van der Waals surface area (Å²) < 4.78 is 31.0. The van der Waals surface area contributed by atoms with Gasteiger partial charge >= 0.3 is 0 Å². The van der Waals surface area contributed by atoms with Crippen molar-refractivity contribution in [2.75, 3.05) is 24.3 Å². The van der Waals surface area contributed by atoms with E-state index in [1.807, 2.05) is 34.0 Å². The number of carbonyl (C=O) groups excluding carboxylic acids is 1. The molecule has 0 fully saturated rings. The van der Waals surface area contributed by atoms with Crippen molar-refractivity contribution in [2.45, 2.75) is 44.6 Å². The third kappa shape index (κ3) is 12.2. The lowest BCUT2D eigenvalue weighted by molar-refractivity contribution is -0.121. The normalized spacial score (nSPS) is 14.8. The van der Waals surface area contributed by atoms with Crippen molar-refractivity contribution in [2.24, 2.45) is 11.8 Å². The standard InChI is InChI=1S/C14H29NO4S5/c1-10(2)12(9-24(17,18)19)22-21-8-6-7-15-14(16)13(11(3)4)23-20-5/h10-13H,6-9H2,1-5H3,(H,15,16)(H,17,18,19). The van der Waals surface area contributed by atoms with Gasteiger partial charge in [0.05, 0.1) is 11.0 Å². The molecule has 0 saturated heterocycles. The third-order valence-electron chi connectivity index (χ3n) is 3.08. The van der Waals surface area contributed by atoms with Crippen LogP contribution in [0.25, 0.3) is 0 Å².